The van der Waals surface area contributed by atoms with Crippen LogP contribution in [0.25, 0.3) is 10.6 Å². The molecule has 0 atom stereocenters. The van der Waals surface area contributed by atoms with Gasteiger partial charge in [-0.25, -0.2) is 4.98 Å². The maximum atomic E-state index is 12.2. The van der Waals surface area contributed by atoms with E-state index in [0.717, 1.165) is 16.3 Å². The van der Waals surface area contributed by atoms with E-state index >= 15 is 0 Å². The SMILES string of the molecule is O=C(NCCc1csc(-c2ccccc2)n1)c1cccc(Cl)c1Cl. The molecule has 1 aromatic heterocycles. The molecule has 0 saturated heterocycles. The van der Waals surface area contributed by atoms with Crippen molar-refractivity contribution in [1.29, 1.82) is 0 Å². The minimum atomic E-state index is -0.235. The minimum absolute atomic E-state index is 0.235. The first-order valence-corrected chi connectivity index (χ1v) is 9.01. The van der Waals surface area contributed by atoms with E-state index in [2.05, 4.69) is 10.3 Å². The highest BCUT2D eigenvalue weighted by atomic mass is 35.5. The number of benzene rings is 2. The molecule has 0 radical (unpaired) electrons. The maximum Gasteiger partial charge on any atom is 0.252 e. The number of carbonyl (C=O) groups is 1. The summed E-state index contributed by atoms with van der Waals surface area (Å²) in [7, 11) is 0. The Kier molecular flexibility index (Phi) is 5.51. The van der Waals surface area contributed by atoms with Crippen LogP contribution in [-0.4, -0.2) is 17.4 Å². The number of halogens is 2. The molecule has 0 spiro atoms. The summed E-state index contributed by atoms with van der Waals surface area (Å²) in [4.78, 5) is 16.8. The number of nitrogens with zero attached hydrogens (tertiary/aromatic N) is 1. The van der Waals surface area contributed by atoms with Crippen molar-refractivity contribution in [3.63, 3.8) is 0 Å². The molecule has 0 unspecified atom stereocenters. The summed E-state index contributed by atoms with van der Waals surface area (Å²) in [6.07, 6.45) is 0.660. The van der Waals surface area contributed by atoms with Gasteiger partial charge in [0, 0.05) is 23.9 Å². The number of rotatable bonds is 5. The van der Waals surface area contributed by atoms with Crippen LogP contribution in [0.1, 0.15) is 16.1 Å². The number of thiazole rings is 1. The van der Waals surface area contributed by atoms with E-state index in [1.165, 1.54) is 0 Å². The van der Waals surface area contributed by atoms with E-state index in [4.69, 9.17) is 23.2 Å². The second-order valence-electron chi connectivity index (χ2n) is 5.12. The fourth-order valence-corrected chi connectivity index (χ4v) is 3.46. The lowest BCUT2D eigenvalue weighted by molar-refractivity contribution is 0.0954. The van der Waals surface area contributed by atoms with E-state index in [1.807, 2.05) is 35.7 Å². The van der Waals surface area contributed by atoms with Gasteiger partial charge in [0.05, 0.1) is 21.3 Å². The summed E-state index contributed by atoms with van der Waals surface area (Å²) in [5, 5.41) is 6.49. The van der Waals surface area contributed by atoms with Crippen molar-refractivity contribution in [2.75, 3.05) is 6.54 Å². The Morgan fingerprint density at radius 3 is 2.67 bits per heavy atom. The summed E-state index contributed by atoms with van der Waals surface area (Å²) < 4.78 is 0. The fourth-order valence-electron chi connectivity index (χ4n) is 2.21. The van der Waals surface area contributed by atoms with Gasteiger partial charge in [0.1, 0.15) is 5.01 Å². The average Bonchev–Trinajstić information content (AvgIpc) is 3.07. The van der Waals surface area contributed by atoms with Crippen LogP contribution in [0.4, 0.5) is 0 Å². The van der Waals surface area contributed by atoms with Gasteiger partial charge in [-0.2, -0.15) is 0 Å². The second-order valence-corrected chi connectivity index (χ2v) is 6.76. The molecule has 1 heterocycles. The summed E-state index contributed by atoms with van der Waals surface area (Å²) >= 11 is 13.6. The standard InChI is InChI=1S/C18H14Cl2N2OS/c19-15-8-4-7-14(16(15)20)17(23)21-10-9-13-11-24-18(22-13)12-5-2-1-3-6-12/h1-8,11H,9-10H2,(H,21,23). The first-order chi connectivity index (χ1) is 11.6. The van der Waals surface area contributed by atoms with Gasteiger partial charge in [0.2, 0.25) is 0 Å². The van der Waals surface area contributed by atoms with Gasteiger partial charge in [0.15, 0.2) is 0 Å². The molecule has 2 aromatic carbocycles. The number of hydrogen-bond donors (Lipinski definition) is 1. The van der Waals surface area contributed by atoms with Crippen LogP contribution in [0.2, 0.25) is 10.0 Å². The van der Waals surface area contributed by atoms with Gasteiger partial charge in [0.25, 0.3) is 5.91 Å². The molecule has 0 bridgehead atoms. The molecule has 0 aliphatic rings. The van der Waals surface area contributed by atoms with Gasteiger partial charge >= 0.3 is 0 Å². The van der Waals surface area contributed by atoms with E-state index in [9.17, 15) is 4.79 Å². The van der Waals surface area contributed by atoms with E-state index in [-0.39, 0.29) is 10.9 Å². The van der Waals surface area contributed by atoms with Crippen molar-refractivity contribution in [2.24, 2.45) is 0 Å². The fraction of sp³-hybridized carbons (Fsp3) is 0.111. The lowest BCUT2D eigenvalue weighted by Gasteiger charge is -2.06. The second kappa shape index (κ2) is 7.79. The van der Waals surface area contributed by atoms with Crippen molar-refractivity contribution in [2.45, 2.75) is 6.42 Å². The highest BCUT2D eigenvalue weighted by Crippen LogP contribution is 2.25. The molecular weight excluding hydrogens is 363 g/mol. The van der Waals surface area contributed by atoms with Gasteiger partial charge in [-0.05, 0) is 12.1 Å². The molecule has 3 rings (SSSR count). The highest BCUT2D eigenvalue weighted by Gasteiger charge is 2.12. The van der Waals surface area contributed by atoms with Gasteiger partial charge < -0.3 is 5.32 Å². The Morgan fingerprint density at radius 1 is 1.08 bits per heavy atom. The summed E-state index contributed by atoms with van der Waals surface area (Å²) in [6, 6.07) is 15.0. The zero-order valence-corrected chi connectivity index (χ0v) is 15.0. The lowest BCUT2D eigenvalue weighted by Crippen LogP contribution is -2.26. The quantitative estimate of drug-likeness (QED) is 0.673. The molecule has 1 amide bonds. The van der Waals surface area contributed by atoms with Crippen molar-refractivity contribution in [3.05, 3.63) is 75.2 Å². The average molecular weight is 377 g/mol. The third-order valence-electron chi connectivity index (χ3n) is 3.44. The molecule has 122 valence electrons. The zero-order valence-electron chi connectivity index (χ0n) is 12.6. The molecule has 0 aliphatic heterocycles. The Hall–Kier alpha value is -1.88. The number of nitrogens with one attached hydrogen (secondary N) is 1. The molecular formula is C18H14Cl2N2OS. The van der Waals surface area contributed by atoms with Crippen molar-refractivity contribution >= 4 is 40.4 Å². The van der Waals surface area contributed by atoms with Gasteiger partial charge in [-0.1, -0.05) is 59.6 Å². The summed E-state index contributed by atoms with van der Waals surface area (Å²) in [5.74, 6) is -0.235. The molecule has 3 aromatic rings. The van der Waals surface area contributed by atoms with Crippen LogP contribution >= 0.6 is 34.5 Å². The van der Waals surface area contributed by atoms with Crippen molar-refractivity contribution in [3.8, 4) is 10.6 Å². The Labute approximate surface area is 154 Å². The van der Waals surface area contributed by atoms with Crippen LogP contribution < -0.4 is 5.32 Å². The first-order valence-electron chi connectivity index (χ1n) is 7.37. The number of carbonyl (C=O) groups excluding carboxylic acids is 1. The predicted octanol–water partition coefficient (Wildman–Crippen LogP) is 5.09. The Bertz CT molecular complexity index is 849. The molecule has 6 heteroatoms. The van der Waals surface area contributed by atoms with Crippen molar-refractivity contribution in [1.82, 2.24) is 10.3 Å². The molecule has 0 aliphatic carbocycles. The number of amides is 1. The van der Waals surface area contributed by atoms with Gasteiger partial charge in [-0.3, -0.25) is 4.79 Å². The van der Waals surface area contributed by atoms with Gasteiger partial charge in [-0.15, -0.1) is 11.3 Å². The third-order valence-corrected chi connectivity index (χ3v) is 5.19. The van der Waals surface area contributed by atoms with Crippen LogP contribution in [0.5, 0.6) is 0 Å². The predicted molar refractivity (Wildman–Crippen MR) is 100 cm³/mol. The van der Waals surface area contributed by atoms with Crippen molar-refractivity contribution < 1.29 is 4.79 Å². The van der Waals surface area contributed by atoms with E-state index < -0.39 is 0 Å². The highest BCUT2D eigenvalue weighted by molar-refractivity contribution is 7.13. The summed E-state index contributed by atoms with van der Waals surface area (Å²) in [5.41, 5.74) is 2.44. The molecule has 24 heavy (non-hydrogen) atoms. The summed E-state index contributed by atoms with van der Waals surface area (Å²) in [6.45, 7) is 0.486. The third kappa shape index (κ3) is 3.96. The van der Waals surface area contributed by atoms with Crippen LogP contribution in [0, 0.1) is 0 Å². The number of aromatic nitrogens is 1. The lowest BCUT2D eigenvalue weighted by atomic mass is 10.2. The molecule has 3 nitrogen and oxygen atoms in total. The Morgan fingerprint density at radius 2 is 1.88 bits per heavy atom. The minimum Gasteiger partial charge on any atom is -0.352 e. The maximum absolute atomic E-state index is 12.2. The normalized spacial score (nSPS) is 10.6. The largest absolute Gasteiger partial charge is 0.352 e. The smallest absolute Gasteiger partial charge is 0.252 e. The monoisotopic (exact) mass is 376 g/mol. The van der Waals surface area contributed by atoms with Crippen LogP contribution in [0.3, 0.4) is 0 Å². The van der Waals surface area contributed by atoms with E-state index in [1.54, 1.807) is 29.5 Å². The van der Waals surface area contributed by atoms with E-state index in [0.29, 0.717) is 23.6 Å². The number of hydrogen-bond acceptors (Lipinski definition) is 3. The topological polar surface area (TPSA) is 42.0 Å². The van der Waals surface area contributed by atoms with Crippen LogP contribution in [-0.2, 0) is 6.42 Å². The van der Waals surface area contributed by atoms with Crippen LogP contribution in [0.15, 0.2) is 53.9 Å². The molecule has 0 fully saturated rings. The first kappa shape index (κ1) is 17.0. The molecule has 0 saturated carbocycles. The molecule has 1 N–H and O–H groups in total. The Balaban J connectivity index is 1.58. The zero-order chi connectivity index (χ0) is 16.9.